The largest absolute Gasteiger partial charge is 0.348 e. The van der Waals surface area contributed by atoms with E-state index in [1.807, 2.05) is 0 Å². The first-order chi connectivity index (χ1) is 12.1. The van der Waals surface area contributed by atoms with Crippen LogP contribution in [0, 0.1) is 13.8 Å². The minimum absolute atomic E-state index is 0.104. The summed E-state index contributed by atoms with van der Waals surface area (Å²) in [5, 5.41) is 3.13. The van der Waals surface area contributed by atoms with E-state index in [9.17, 15) is 4.79 Å². The second kappa shape index (κ2) is 6.35. The standard InChI is InChI=1S/C19H23N5O/c1-11-8-14-15(9-12(11)2)24-18(23-14)16-17(21-10-20-16)19(25)22-13-6-4-3-5-7-13/h8-10,13H,3-7H2,1-2H3,(H,20,21)(H,22,25)(H,23,24). The van der Waals surface area contributed by atoms with E-state index in [1.165, 1.54) is 30.4 Å². The number of aromatic amines is 2. The molecule has 0 spiro atoms. The lowest BCUT2D eigenvalue weighted by Crippen LogP contribution is -2.36. The van der Waals surface area contributed by atoms with Gasteiger partial charge in [-0.25, -0.2) is 9.97 Å². The lowest BCUT2D eigenvalue weighted by Gasteiger charge is -2.22. The molecule has 0 radical (unpaired) electrons. The first kappa shape index (κ1) is 15.9. The van der Waals surface area contributed by atoms with Crippen LogP contribution >= 0.6 is 0 Å². The molecule has 1 amide bonds. The van der Waals surface area contributed by atoms with Crippen molar-refractivity contribution in [3.63, 3.8) is 0 Å². The minimum atomic E-state index is -0.104. The molecule has 0 atom stereocenters. The molecule has 1 aliphatic carbocycles. The monoisotopic (exact) mass is 337 g/mol. The number of benzene rings is 1. The molecule has 0 aliphatic heterocycles. The lowest BCUT2D eigenvalue weighted by atomic mass is 9.95. The summed E-state index contributed by atoms with van der Waals surface area (Å²) in [5.74, 6) is 0.516. The second-order valence-electron chi connectivity index (χ2n) is 6.97. The van der Waals surface area contributed by atoms with Crippen LogP contribution in [0.4, 0.5) is 0 Å². The van der Waals surface area contributed by atoms with Crippen molar-refractivity contribution in [2.24, 2.45) is 0 Å². The first-order valence-corrected chi connectivity index (χ1v) is 8.93. The van der Waals surface area contributed by atoms with Crippen molar-refractivity contribution in [3.8, 4) is 11.5 Å². The summed E-state index contributed by atoms with van der Waals surface area (Å²) in [6, 6.07) is 4.40. The molecule has 4 rings (SSSR count). The molecular weight excluding hydrogens is 314 g/mol. The third-order valence-electron chi connectivity index (χ3n) is 5.13. The molecule has 1 aliphatic rings. The Balaban J connectivity index is 1.63. The Morgan fingerprint density at radius 3 is 2.72 bits per heavy atom. The molecule has 0 saturated heterocycles. The number of hydrogen-bond acceptors (Lipinski definition) is 3. The van der Waals surface area contributed by atoms with Crippen molar-refractivity contribution in [3.05, 3.63) is 35.3 Å². The van der Waals surface area contributed by atoms with Gasteiger partial charge >= 0.3 is 0 Å². The average Bonchev–Trinajstić information content (AvgIpc) is 3.22. The normalized spacial score (nSPS) is 15.6. The number of H-pyrrole nitrogens is 2. The summed E-state index contributed by atoms with van der Waals surface area (Å²) in [7, 11) is 0. The third-order valence-corrected chi connectivity index (χ3v) is 5.13. The van der Waals surface area contributed by atoms with Crippen LogP contribution in [0.25, 0.3) is 22.6 Å². The van der Waals surface area contributed by atoms with Crippen molar-refractivity contribution in [2.45, 2.75) is 52.0 Å². The maximum absolute atomic E-state index is 12.7. The Morgan fingerprint density at radius 2 is 1.92 bits per heavy atom. The van der Waals surface area contributed by atoms with Gasteiger partial charge in [-0.3, -0.25) is 4.79 Å². The number of nitrogens with one attached hydrogen (secondary N) is 3. The van der Waals surface area contributed by atoms with Gasteiger partial charge in [0.05, 0.1) is 17.4 Å². The molecule has 0 bridgehead atoms. The van der Waals surface area contributed by atoms with Crippen molar-refractivity contribution < 1.29 is 4.79 Å². The number of amides is 1. The lowest BCUT2D eigenvalue weighted by molar-refractivity contribution is 0.0924. The number of carbonyl (C=O) groups is 1. The number of carbonyl (C=O) groups excluding carboxylic acids is 1. The Labute approximate surface area is 146 Å². The van der Waals surface area contributed by atoms with Crippen LogP contribution in [0.15, 0.2) is 18.5 Å². The first-order valence-electron chi connectivity index (χ1n) is 8.93. The SMILES string of the molecule is Cc1cc2nc(-c3nc[nH]c3C(=O)NC3CCCCC3)[nH]c2cc1C. The van der Waals surface area contributed by atoms with Gasteiger partial charge in [-0.2, -0.15) is 0 Å². The predicted octanol–water partition coefficient (Wildman–Crippen LogP) is 3.63. The summed E-state index contributed by atoms with van der Waals surface area (Å²) < 4.78 is 0. The molecule has 130 valence electrons. The number of rotatable bonds is 3. The Hall–Kier alpha value is -2.63. The van der Waals surface area contributed by atoms with E-state index in [0.717, 1.165) is 23.9 Å². The zero-order valence-electron chi connectivity index (χ0n) is 14.6. The summed E-state index contributed by atoms with van der Waals surface area (Å²) in [6.45, 7) is 4.15. The van der Waals surface area contributed by atoms with Crippen LogP contribution in [-0.4, -0.2) is 31.9 Å². The van der Waals surface area contributed by atoms with Crippen LogP contribution < -0.4 is 5.32 Å². The van der Waals surface area contributed by atoms with Crippen molar-refractivity contribution in [2.75, 3.05) is 0 Å². The smallest absolute Gasteiger partial charge is 0.270 e. The van der Waals surface area contributed by atoms with Gasteiger partial charge in [0.15, 0.2) is 5.82 Å². The average molecular weight is 337 g/mol. The fourth-order valence-electron chi connectivity index (χ4n) is 3.53. The van der Waals surface area contributed by atoms with Gasteiger partial charge in [0.1, 0.15) is 11.4 Å². The Kier molecular flexibility index (Phi) is 4.03. The Bertz CT molecular complexity index is 878. The van der Waals surface area contributed by atoms with E-state index in [1.54, 1.807) is 6.33 Å². The highest BCUT2D eigenvalue weighted by molar-refractivity contribution is 5.98. The summed E-state index contributed by atoms with van der Waals surface area (Å²) in [4.78, 5) is 27.9. The molecular formula is C19H23N5O. The number of hydrogen-bond donors (Lipinski definition) is 3. The molecule has 0 unspecified atom stereocenters. The topological polar surface area (TPSA) is 86.5 Å². The van der Waals surface area contributed by atoms with Crippen molar-refractivity contribution in [1.29, 1.82) is 0 Å². The van der Waals surface area contributed by atoms with Gasteiger partial charge < -0.3 is 15.3 Å². The van der Waals surface area contributed by atoms with E-state index in [0.29, 0.717) is 17.2 Å². The molecule has 2 heterocycles. The maximum Gasteiger partial charge on any atom is 0.270 e. The molecule has 3 aromatic rings. The molecule has 1 saturated carbocycles. The van der Waals surface area contributed by atoms with Crippen LogP contribution in [0.2, 0.25) is 0 Å². The van der Waals surface area contributed by atoms with E-state index in [4.69, 9.17) is 0 Å². The van der Waals surface area contributed by atoms with Gasteiger partial charge in [-0.05, 0) is 49.9 Å². The summed E-state index contributed by atoms with van der Waals surface area (Å²) in [5.41, 5.74) is 5.29. The second-order valence-corrected chi connectivity index (χ2v) is 6.97. The zero-order valence-corrected chi connectivity index (χ0v) is 14.6. The van der Waals surface area contributed by atoms with Gasteiger partial charge in [-0.15, -0.1) is 0 Å². The van der Waals surface area contributed by atoms with Gasteiger partial charge in [0, 0.05) is 6.04 Å². The Morgan fingerprint density at radius 1 is 1.16 bits per heavy atom. The molecule has 6 nitrogen and oxygen atoms in total. The fraction of sp³-hybridized carbons (Fsp3) is 0.421. The maximum atomic E-state index is 12.7. The summed E-state index contributed by atoms with van der Waals surface area (Å²) in [6.07, 6.45) is 7.29. The number of nitrogens with zero attached hydrogens (tertiary/aromatic N) is 2. The molecule has 3 N–H and O–H groups in total. The molecule has 6 heteroatoms. The summed E-state index contributed by atoms with van der Waals surface area (Å²) >= 11 is 0. The van der Waals surface area contributed by atoms with E-state index in [-0.39, 0.29) is 11.9 Å². The van der Waals surface area contributed by atoms with Gasteiger partial charge in [0.25, 0.3) is 5.91 Å². The van der Waals surface area contributed by atoms with E-state index in [2.05, 4.69) is 51.2 Å². The van der Waals surface area contributed by atoms with Gasteiger partial charge in [-0.1, -0.05) is 19.3 Å². The number of aryl methyl sites for hydroxylation is 2. The number of imidazole rings is 2. The van der Waals surface area contributed by atoms with E-state index >= 15 is 0 Å². The van der Waals surface area contributed by atoms with Gasteiger partial charge in [0.2, 0.25) is 0 Å². The zero-order chi connectivity index (χ0) is 17.4. The van der Waals surface area contributed by atoms with Crippen LogP contribution in [0.1, 0.15) is 53.7 Å². The number of aromatic nitrogens is 4. The van der Waals surface area contributed by atoms with Crippen LogP contribution in [-0.2, 0) is 0 Å². The number of fused-ring (bicyclic) bond motifs is 1. The van der Waals surface area contributed by atoms with E-state index < -0.39 is 0 Å². The molecule has 2 aromatic heterocycles. The quantitative estimate of drug-likeness (QED) is 0.682. The highest BCUT2D eigenvalue weighted by atomic mass is 16.2. The third kappa shape index (κ3) is 3.04. The van der Waals surface area contributed by atoms with Crippen LogP contribution in [0.5, 0.6) is 0 Å². The van der Waals surface area contributed by atoms with Crippen molar-refractivity contribution in [1.82, 2.24) is 25.3 Å². The molecule has 1 fully saturated rings. The van der Waals surface area contributed by atoms with Crippen LogP contribution in [0.3, 0.4) is 0 Å². The highest BCUT2D eigenvalue weighted by Gasteiger charge is 2.22. The predicted molar refractivity (Wildman–Crippen MR) is 97.5 cm³/mol. The highest BCUT2D eigenvalue weighted by Crippen LogP contribution is 2.24. The molecule has 1 aromatic carbocycles. The van der Waals surface area contributed by atoms with Crippen molar-refractivity contribution >= 4 is 16.9 Å². The minimum Gasteiger partial charge on any atom is -0.348 e. The fourth-order valence-corrected chi connectivity index (χ4v) is 3.53. The molecule has 25 heavy (non-hydrogen) atoms.